The van der Waals surface area contributed by atoms with E-state index < -0.39 is 18.2 Å². The van der Waals surface area contributed by atoms with Crippen molar-refractivity contribution in [2.24, 2.45) is 5.92 Å². The number of halogens is 1. The van der Waals surface area contributed by atoms with Gasteiger partial charge in [-0.25, -0.2) is 4.39 Å². The SMILES string of the molecule is CC(C)COc1ccc(C(=O)Nc2ccc(CC(=O)O)c(F)c2)cc1. The van der Waals surface area contributed by atoms with Crippen molar-refractivity contribution >= 4 is 17.6 Å². The van der Waals surface area contributed by atoms with Gasteiger partial charge >= 0.3 is 5.97 Å². The Balaban J connectivity index is 2.01. The molecule has 2 N–H and O–H groups in total. The smallest absolute Gasteiger partial charge is 0.307 e. The van der Waals surface area contributed by atoms with Gasteiger partial charge in [0, 0.05) is 11.3 Å². The molecule has 2 rings (SSSR count). The number of hydrogen-bond donors (Lipinski definition) is 2. The molecule has 0 aliphatic heterocycles. The molecule has 0 fully saturated rings. The third-order valence-corrected chi connectivity index (χ3v) is 3.35. The minimum Gasteiger partial charge on any atom is -0.493 e. The largest absolute Gasteiger partial charge is 0.493 e. The van der Waals surface area contributed by atoms with Crippen molar-refractivity contribution in [1.82, 2.24) is 0 Å². The van der Waals surface area contributed by atoms with Crippen LogP contribution in [0.5, 0.6) is 5.75 Å². The molecule has 0 radical (unpaired) electrons. The van der Waals surface area contributed by atoms with Crippen molar-refractivity contribution in [3.63, 3.8) is 0 Å². The highest BCUT2D eigenvalue weighted by Gasteiger charge is 2.11. The van der Waals surface area contributed by atoms with Crippen LogP contribution in [0.1, 0.15) is 29.8 Å². The number of carbonyl (C=O) groups excluding carboxylic acids is 1. The molecule has 6 heteroatoms. The number of benzene rings is 2. The molecule has 0 bridgehead atoms. The molecule has 0 saturated heterocycles. The summed E-state index contributed by atoms with van der Waals surface area (Å²) < 4.78 is 19.4. The molecule has 25 heavy (non-hydrogen) atoms. The van der Waals surface area contributed by atoms with Gasteiger partial charge in [-0.3, -0.25) is 9.59 Å². The van der Waals surface area contributed by atoms with E-state index in [1.165, 1.54) is 12.1 Å². The van der Waals surface area contributed by atoms with E-state index >= 15 is 0 Å². The first-order valence-corrected chi connectivity index (χ1v) is 7.89. The van der Waals surface area contributed by atoms with Gasteiger partial charge in [0.25, 0.3) is 5.91 Å². The normalized spacial score (nSPS) is 10.6. The van der Waals surface area contributed by atoms with Crippen LogP contribution in [0.15, 0.2) is 42.5 Å². The number of hydrogen-bond acceptors (Lipinski definition) is 3. The van der Waals surface area contributed by atoms with Crippen molar-refractivity contribution < 1.29 is 23.8 Å². The number of anilines is 1. The summed E-state index contributed by atoms with van der Waals surface area (Å²) in [5.41, 5.74) is 0.737. The molecular weight excluding hydrogens is 325 g/mol. The van der Waals surface area contributed by atoms with Gasteiger partial charge in [0.1, 0.15) is 11.6 Å². The first-order valence-electron chi connectivity index (χ1n) is 7.89. The minimum atomic E-state index is -1.12. The van der Waals surface area contributed by atoms with E-state index in [1.807, 2.05) is 13.8 Å². The first-order chi connectivity index (χ1) is 11.8. The van der Waals surface area contributed by atoms with Gasteiger partial charge in [0.2, 0.25) is 0 Å². The van der Waals surface area contributed by atoms with Crippen LogP contribution >= 0.6 is 0 Å². The van der Waals surface area contributed by atoms with Crippen molar-refractivity contribution in [2.75, 3.05) is 11.9 Å². The summed E-state index contributed by atoms with van der Waals surface area (Å²) >= 11 is 0. The number of carboxylic acid groups (broad SMARTS) is 1. The lowest BCUT2D eigenvalue weighted by Crippen LogP contribution is -2.12. The highest BCUT2D eigenvalue weighted by Crippen LogP contribution is 2.18. The Morgan fingerprint density at radius 1 is 1.16 bits per heavy atom. The van der Waals surface area contributed by atoms with E-state index in [-0.39, 0.29) is 17.2 Å². The fraction of sp³-hybridized carbons (Fsp3) is 0.263. The van der Waals surface area contributed by atoms with E-state index in [4.69, 9.17) is 9.84 Å². The van der Waals surface area contributed by atoms with E-state index in [2.05, 4.69) is 5.32 Å². The molecule has 0 spiro atoms. The van der Waals surface area contributed by atoms with Crippen LogP contribution in [-0.4, -0.2) is 23.6 Å². The Hall–Kier alpha value is -2.89. The molecule has 0 heterocycles. The zero-order valence-corrected chi connectivity index (χ0v) is 14.1. The van der Waals surface area contributed by atoms with Gasteiger partial charge in [0.15, 0.2) is 0 Å². The lowest BCUT2D eigenvalue weighted by atomic mass is 10.1. The molecule has 0 unspecified atom stereocenters. The summed E-state index contributed by atoms with van der Waals surface area (Å²) in [5, 5.41) is 11.3. The Kier molecular flexibility index (Phi) is 6.11. The van der Waals surface area contributed by atoms with Crippen molar-refractivity contribution in [2.45, 2.75) is 20.3 Å². The number of carbonyl (C=O) groups is 2. The van der Waals surface area contributed by atoms with Gasteiger partial charge in [-0.15, -0.1) is 0 Å². The summed E-state index contributed by atoms with van der Waals surface area (Å²) in [5.74, 6) is -1.09. The second-order valence-electron chi connectivity index (χ2n) is 6.06. The highest BCUT2D eigenvalue weighted by atomic mass is 19.1. The summed E-state index contributed by atoms with van der Waals surface area (Å²) in [6.45, 7) is 4.68. The monoisotopic (exact) mass is 345 g/mol. The predicted molar refractivity (Wildman–Crippen MR) is 92.5 cm³/mol. The van der Waals surface area contributed by atoms with E-state index in [0.717, 1.165) is 6.07 Å². The molecule has 1 amide bonds. The molecule has 5 nitrogen and oxygen atoms in total. The fourth-order valence-electron chi connectivity index (χ4n) is 2.10. The third kappa shape index (κ3) is 5.60. The van der Waals surface area contributed by atoms with Crippen LogP contribution in [0, 0.1) is 11.7 Å². The maximum Gasteiger partial charge on any atom is 0.307 e. The number of nitrogens with one attached hydrogen (secondary N) is 1. The minimum absolute atomic E-state index is 0.0668. The fourth-order valence-corrected chi connectivity index (χ4v) is 2.10. The quantitative estimate of drug-likeness (QED) is 0.801. The van der Waals surface area contributed by atoms with E-state index in [1.54, 1.807) is 24.3 Å². The Morgan fingerprint density at radius 3 is 2.40 bits per heavy atom. The van der Waals surface area contributed by atoms with Gasteiger partial charge < -0.3 is 15.2 Å². The highest BCUT2D eigenvalue weighted by molar-refractivity contribution is 6.04. The van der Waals surface area contributed by atoms with Crippen LogP contribution in [0.2, 0.25) is 0 Å². The molecular formula is C19H20FNO4. The van der Waals surface area contributed by atoms with Crippen molar-refractivity contribution in [3.05, 3.63) is 59.4 Å². The molecule has 0 aliphatic rings. The number of carboxylic acids is 1. The maximum absolute atomic E-state index is 13.8. The average molecular weight is 345 g/mol. The van der Waals surface area contributed by atoms with Gasteiger partial charge in [-0.2, -0.15) is 0 Å². The van der Waals surface area contributed by atoms with Crippen molar-refractivity contribution in [1.29, 1.82) is 0 Å². The molecule has 2 aromatic carbocycles. The molecule has 0 saturated carbocycles. The number of aliphatic carboxylic acids is 1. The zero-order valence-electron chi connectivity index (χ0n) is 14.1. The lowest BCUT2D eigenvalue weighted by Gasteiger charge is -2.10. The lowest BCUT2D eigenvalue weighted by molar-refractivity contribution is -0.136. The molecule has 0 atom stereocenters. The summed E-state index contributed by atoms with van der Waals surface area (Å²) in [7, 11) is 0. The molecule has 0 aromatic heterocycles. The van der Waals surface area contributed by atoms with E-state index in [9.17, 15) is 14.0 Å². The summed E-state index contributed by atoms with van der Waals surface area (Å²) in [6, 6.07) is 10.6. The van der Waals surface area contributed by atoms with E-state index in [0.29, 0.717) is 23.8 Å². The predicted octanol–water partition coefficient (Wildman–Crippen LogP) is 3.74. The summed E-state index contributed by atoms with van der Waals surface area (Å²) in [6.07, 6.45) is -0.405. The Bertz CT molecular complexity index is 757. The molecule has 2 aromatic rings. The standard InChI is InChI=1S/C19H20FNO4/c1-12(2)11-25-16-7-4-13(5-8-16)19(24)21-15-6-3-14(9-18(22)23)17(20)10-15/h3-8,10,12H,9,11H2,1-2H3,(H,21,24)(H,22,23). The van der Waals surface area contributed by atoms with Gasteiger partial charge in [-0.1, -0.05) is 19.9 Å². The van der Waals surface area contributed by atoms with Crippen LogP contribution in [-0.2, 0) is 11.2 Å². The maximum atomic E-state index is 13.8. The second kappa shape index (κ2) is 8.28. The van der Waals surface area contributed by atoms with Crippen LogP contribution in [0.3, 0.4) is 0 Å². The average Bonchev–Trinajstić information content (AvgIpc) is 2.55. The molecule has 132 valence electrons. The third-order valence-electron chi connectivity index (χ3n) is 3.35. The Labute approximate surface area is 145 Å². The van der Waals surface area contributed by atoms with Gasteiger partial charge in [0.05, 0.1) is 13.0 Å². The summed E-state index contributed by atoms with van der Waals surface area (Å²) in [4.78, 5) is 22.8. The zero-order chi connectivity index (χ0) is 18.4. The second-order valence-corrected chi connectivity index (χ2v) is 6.06. The van der Waals surface area contributed by atoms with Crippen LogP contribution in [0.4, 0.5) is 10.1 Å². The van der Waals surface area contributed by atoms with Crippen molar-refractivity contribution in [3.8, 4) is 5.75 Å². The Morgan fingerprint density at radius 2 is 1.84 bits per heavy atom. The first kappa shape index (κ1) is 18.4. The number of ether oxygens (including phenoxy) is 1. The number of amides is 1. The molecule has 0 aliphatic carbocycles. The topological polar surface area (TPSA) is 75.6 Å². The number of rotatable bonds is 7. The van der Waals surface area contributed by atoms with Crippen LogP contribution < -0.4 is 10.1 Å². The van der Waals surface area contributed by atoms with Gasteiger partial charge in [-0.05, 0) is 47.9 Å². The van der Waals surface area contributed by atoms with Crippen LogP contribution in [0.25, 0.3) is 0 Å².